The first-order chi connectivity index (χ1) is 17.8. The maximum absolute atomic E-state index is 13.2. The van der Waals surface area contributed by atoms with Gasteiger partial charge in [-0.25, -0.2) is 9.38 Å². The molecule has 0 saturated carbocycles. The number of likely N-dealkylation sites (N-methyl/N-ethyl adjacent to an activating group) is 1. The number of benzene rings is 3. The van der Waals surface area contributed by atoms with Gasteiger partial charge in [-0.05, 0) is 84.4 Å². The van der Waals surface area contributed by atoms with E-state index in [1.807, 2.05) is 6.92 Å². The van der Waals surface area contributed by atoms with Gasteiger partial charge in [-0.1, -0.05) is 11.6 Å². The Bertz CT molecular complexity index is 1390. The van der Waals surface area contributed by atoms with Crippen molar-refractivity contribution in [2.75, 3.05) is 13.7 Å². The molecule has 11 heteroatoms. The quantitative estimate of drug-likeness (QED) is 0.181. The summed E-state index contributed by atoms with van der Waals surface area (Å²) in [6.45, 7) is 2.39. The van der Waals surface area contributed by atoms with Gasteiger partial charge in [-0.3, -0.25) is 19.8 Å². The van der Waals surface area contributed by atoms with Gasteiger partial charge in [0.2, 0.25) is 0 Å². The van der Waals surface area contributed by atoms with E-state index in [9.17, 15) is 19.3 Å². The van der Waals surface area contributed by atoms with Gasteiger partial charge in [-0.2, -0.15) is 0 Å². The van der Waals surface area contributed by atoms with Crippen molar-refractivity contribution in [1.29, 1.82) is 0 Å². The average molecular weight is 542 g/mol. The van der Waals surface area contributed by atoms with E-state index in [4.69, 9.17) is 21.1 Å². The summed E-state index contributed by atoms with van der Waals surface area (Å²) in [5.74, 6) is 0.105. The van der Waals surface area contributed by atoms with E-state index < -0.39 is 4.92 Å². The molecule has 1 aliphatic rings. The van der Waals surface area contributed by atoms with Gasteiger partial charge in [-0.15, -0.1) is 0 Å². The van der Waals surface area contributed by atoms with Gasteiger partial charge in [0.15, 0.2) is 16.7 Å². The minimum atomic E-state index is -0.470. The first-order valence-electron chi connectivity index (χ1n) is 11.1. The fraction of sp³-hybridized carbons (Fsp3) is 0.154. The maximum atomic E-state index is 13.2. The SMILES string of the molecule is CCN1C(=O)/C(=C\c2cc(Cl)c(OCc3ccc([N+](=O)[O-])cc3)c(OC)c2)SC1=Nc1ccc(F)cc1. The summed E-state index contributed by atoms with van der Waals surface area (Å²) in [6.07, 6.45) is 1.69. The van der Waals surface area contributed by atoms with Crippen LogP contribution >= 0.6 is 23.4 Å². The number of halogens is 2. The summed E-state index contributed by atoms with van der Waals surface area (Å²) < 4.78 is 24.5. The zero-order valence-electron chi connectivity index (χ0n) is 19.8. The highest BCUT2D eigenvalue weighted by Gasteiger charge is 2.32. The fourth-order valence-corrected chi connectivity index (χ4v) is 4.82. The van der Waals surface area contributed by atoms with Gasteiger partial charge in [0.05, 0.1) is 27.6 Å². The third kappa shape index (κ3) is 6.10. The number of methoxy groups -OCH3 is 1. The second-order valence-electron chi connectivity index (χ2n) is 7.78. The lowest BCUT2D eigenvalue weighted by atomic mass is 10.1. The molecule has 0 unspecified atom stereocenters. The van der Waals surface area contributed by atoms with Crippen LogP contribution in [0.2, 0.25) is 5.02 Å². The lowest BCUT2D eigenvalue weighted by Gasteiger charge is -2.14. The standard InChI is InChI=1S/C26H21ClFN3O5S/c1-3-30-25(32)23(37-26(30)29-19-8-6-18(28)7-9-19)14-17-12-21(27)24(22(13-17)35-2)36-15-16-4-10-20(11-5-16)31(33)34/h4-14H,3,15H2,1-2H3/b23-14+,29-26?. The van der Waals surface area contributed by atoms with Gasteiger partial charge in [0, 0.05) is 18.7 Å². The van der Waals surface area contributed by atoms with E-state index >= 15 is 0 Å². The topological polar surface area (TPSA) is 94.3 Å². The summed E-state index contributed by atoms with van der Waals surface area (Å²) in [5, 5.41) is 11.6. The van der Waals surface area contributed by atoms with Gasteiger partial charge in [0.1, 0.15) is 12.4 Å². The Kier molecular flexibility index (Phi) is 8.10. The smallest absolute Gasteiger partial charge is 0.269 e. The minimum Gasteiger partial charge on any atom is -0.493 e. The molecule has 8 nitrogen and oxygen atoms in total. The molecule has 1 fully saturated rings. The molecular formula is C26H21ClFN3O5S. The Balaban J connectivity index is 1.56. The van der Waals surface area contributed by atoms with Crippen LogP contribution in [0.1, 0.15) is 18.1 Å². The Morgan fingerprint density at radius 2 is 1.86 bits per heavy atom. The van der Waals surface area contributed by atoms with Crippen LogP contribution in [0.25, 0.3) is 6.08 Å². The van der Waals surface area contributed by atoms with Crippen LogP contribution in [0.4, 0.5) is 15.8 Å². The highest BCUT2D eigenvalue weighted by molar-refractivity contribution is 8.18. The zero-order chi connectivity index (χ0) is 26.5. The molecule has 37 heavy (non-hydrogen) atoms. The van der Waals surface area contributed by atoms with Crippen molar-refractivity contribution in [3.8, 4) is 11.5 Å². The number of non-ortho nitro benzene ring substituents is 1. The summed E-state index contributed by atoms with van der Waals surface area (Å²) in [7, 11) is 1.48. The van der Waals surface area contributed by atoms with Gasteiger partial charge in [0.25, 0.3) is 11.6 Å². The van der Waals surface area contributed by atoms with Crippen LogP contribution in [0.5, 0.6) is 11.5 Å². The predicted molar refractivity (Wildman–Crippen MR) is 142 cm³/mol. The molecule has 0 aliphatic carbocycles. The van der Waals surface area contributed by atoms with Crippen molar-refractivity contribution < 1.29 is 23.6 Å². The number of carbonyl (C=O) groups excluding carboxylic acids is 1. The number of carbonyl (C=O) groups is 1. The van der Waals surface area contributed by atoms with Crippen LogP contribution < -0.4 is 9.47 Å². The van der Waals surface area contributed by atoms with E-state index in [0.717, 1.165) is 5.56 Å². The second-order valence-corrected chi connectivity index (χ2v) is 9.19. The molecule has 1 amide bonds. The number of hydrogen-bond donors (Lipinski definition) is 0. The van der Waals surface area contributed by atoms with Crippen LogP contribution in [-0.2, 0) is 11.4 Å². The summed E-state index contributed by atoms with van der Waals surface area (Å²) >= 11 is 7.70. The van der Waals surface area contributed by atoms with Gasteiger partial charge < -0.3 is 9.47 Å². The monoisotopic (exact) mass is 541 g/mol. The first kappa shape index (κ1) is 26.2. The molecule has 0 N–H and O–H groups in total. The largest absolute Gasteiger partial charge is 0.493 e. The van der Waals surface area contributed by atoms with Crippen LogP contribution in [0.15, 0.2) is 70.6 Å². The molecule has 3 aromatic rings. The summed E-state index contributed by atoms with van der Waals surface area (Å²) in [4.78, 5) is 29.8. The average Bonchev–Trinajstić information content (AvgIpc) is 3.17. The number of hydrogen-bond acceptors (Lipinski definition) is 7. The Morgan fingerprint density at radius 1 is 1.16 bits per heavy atom. The molecule has 4 rings (SSSR count). The molecule has 0 aromatic heterocycles. The highest BCUT2D eigenvalue weighted by Crippen LogP contribution is 2.39. The van der Waals surface area contributed by atoms with Crippen LogP contribution in [-0.4, -0.2) is 34.6 Å². The maximum Gasteiger partial charge on any atom is 0.269 e. The summed E-state index contributed by atoms with van der Waals surface area (Å²) in [6, 6.07) is 15.1. The van der Waals surface area contributed by atoms with Crippen molar-refractivity contribution in [3.05, 3.63) is 97.6 Å². The van der Waals surface area contributed by atoms with Gasteiger partial charge >= 0.3 is 0 Å². The van der Waals surface area contributed by atoms with Crippen LogP contribution in [0.3, 0.4) is 0 Å². The van der Waals surface area contributed by atoms with E-state index in [1.54, 1.807) is 47.4 Å². The number of nitro groups is 1. The van der Waals surface area contributed by atoms with E-state index in [1.165, 1.54) is 43.1 Å². The third-order valence-electron chi connectivity index (χ3n) is 5.34. The minimum absolute atomic E-state index is 0.0106. The zero-order valence-corrected chi connectivity index (χ0v) is 21.4. The number of ether oxygens (including phenoxy) is 2. The highest BCUT2D eigenvalue weighted by atomic mass is 35.5. The number of amidine groups is 1. The Hall–Kier alpha value is -3.89. The lowest BCUT2D eigenvalue weighted by Crippen LogP contribution is -2.28. The Labute approximate surface area is 221 Å². The molecule has 190 valence electrons. The second kappa shape index (κ2) is 11.4. The fourth-order valence-electron chi connectivity index (χ4n) is 3.48. The summed E-state index contributed by atoms with van der Waals surface area (Å²) in [5.41, 5.74) is 1.87. The molecule has 0 radical (unpaired) electrons. The third-order valence-corrected chi connectivity index (χ3v) is 6.62. The molecule has 0 bridgehead atoms. The number of thioether (sulfide) groups is 1. The van der Waals surface area contributed by atoms with Crippen molar-refractivity contribution in [3.63, 3.8) is 0 Å². The molecule has 1 saturated heterocycles. The van der Waals surface area contributed by atoms with Crippen molar-refractivity contribution in [1.82, 2.24) is 4.90 Å². The van der Waals surface area contributed by atoms with E-state index in [2.05, 4.69) is 4.99 Å². The number of rotatable bonds is 8. The first-order valence-corrected chi connectivity index (χ1v) is 12.3. The van der Waals surface area contributed by atoms with Crippen molar-refractivity contribution in [2.24, 2.45) is 4.99 Å². The van der Waals surface area contributed by atoms with Crippen molar-refractivity contribution in [2.45, 2.75) is 13.5 Å². The molecular weight excluding hydrogens is 521 g/mol. The molecule has 1 aliphatic heterocycles. The number of nitro benzene ring substituents is 1. The molecule has 0 atom stereocenters. The number of aliphatic imine (C=N–C) groups is 1. The Morgan fingerprint density at radius 3 is 2.49 bits per heavy atom. The van der Waals surface area contributed by atoms with E-state index in [0.29, 0.717) is 39.4 Å². The lowest BCUT2D eigenvalue weighted by molar-refractivity contribution is -0.384. The van der Waals surface area contributed by atoms with Crippen LogP contribution in [0, 0.1) is 15.9 Å². The number of nitrogens with zero attached hydrogens (tertiary/aromatic N) is 3. The predicted octanol–water partition coefficient (Wildman–Crippen LogP) is 6.60. The molecule has 1 heterocycles. The van der Waals surface area contributed by atoms with Crippen molar-refractivity contribution >= 4 is 51.9 Å². The molecule has 3 aromatic carbocycles. The number of amides is 1. The molecule has 0 spiro atoms. The van der Waals surface area contributed by atoms with E-state index in [-0.39, 0.29) is 29.0 Å². The normalized spacial score (nSPS) is 15.5.